The highest BCUT2D eigenvalue weighted by Crippen LogP contribution is 2.29. The summed E-state index contributed by atoms with van der Waals surface area (Å²) >= 11 is 0. The van der Waals surface area contributed by atoms with Crippen molar-refractivity contribution in [3.8, 4) is 0 Å². The Morgan fingerprint density at radius 2 is 1.96 bits per heavy atom. The van der Waals surface area contributed by atoms with E-state index in [9.17, 15) is 19.2 Å². The Hall–Kier alpha value is -2.12. The molecule has 1 atom stereocenters. The van der Waals surface area contributed by atoms with Crippen LogP contribution in [0.5, 0.6) is 0 Å². The highest BCUT2D eigenvalue weighted by Gasteiger charge is 2.39. The first-order valence-corrected chi connectivity index (χ1v) is 8.05. The van der Waals surface area contributed by atoms with Gasteiger partial charge in [-0.2, -0.15) is 0 Å². The zero-order valence-corrected chi connectivity index (χ0v) is 13.3. The Morgan fingerprint density at radius 1 is 1.26 bits per heavy atom. The summed E-state index contributed by atoms with van der Waals surface area (Å²) in [6.45, 7) is 1.95. The molecule has 1 heterocycles. The van der Waals surface area contributed by atoms with E-state index in [4.69, 9.17) is 4.74 Å². The summed E-state index contributed by atoms with van der Waals surface area (Å²) in [7, 11) is 0. The molecule has 2 N–H and O–H groups in total. The molecule has 0 spiro atoms. The molecule has 1 aliphatic heterocycles. The molecule has 4 amide bonds. The predicted octanol–water partition coefficient (Wildman–Crippen LogP) is 0.166. The second kappa shape index (κ2) is 7.94. The second-order valence-electron chi connectivity index (χ2n) is 5.90. The van der Waals surface area contributed by atoms with Crippen LogP contribution in [0.4, 0.5) is 4.79 Å². The SMILES string of the molecule is CCNC(=O)NC(=O)COC(=O)[C@@H]1CC(=O)N(C2CCCC2)C1. The zero-order valence-electron chi connectivity index (χ0n) is 13.3. The van der Waals surface area contributed by atoms with Gasteiger partial charge in [0.05, 0.1) is 5.92 Å². The molecule has 128 valence electrons. The molecule has 2 rings (SSSR count). The van der Waals surface area contributed by atoms with E-state index in [0.717, 1.165) is 25.7 Å². The van der Waals surface area contributed by atoms with Gasteiger partial charge >= 0.3 is 12.0 Å². The lowest BCUT2D eigenvalue weighted by molar-refractivity contribution is -0.152. The molecule has 2 aliphatic rings. The Bertz CT molecular complexity index is 488. The topological polar surface area (TPSA) is 105 Å². The van der Waals surface area contributed by atoms with Crippen molar-refractivity contribution >= 4 is 23.8 Å². The van der Waals surface area contributed by atoms with Crippen molar-refractivity contribution in [1.29, 1.82) is 0 Å². The average molecular weight is 325 g/mol. The molecule has 8 heteroatoms. The Balaban J connectivity index is 1.74. The summed E-state index contributed by atoms with van der Waals surface area (Å²) in [6.07, 6.45) is 4.34. The van der Waals surface area contributed by atoms with E-state index in [1.165, 1.54) is 0 Å². The number of nitrogens with zero attached hydrogens (tertiary/aromatic N) is 1. The third kappa shape index (κ3) is 4.67. The molecule has 23 heavy (non-hydrogen) atoms. The maximum atomic E-state index is 12.0. The molecular formula is C15H23N3O5. The number of nitrogens with one attached hydrogen (secondary N) is 2. The minimum absolute atomic E-state index is 0.0226. The highest BCUT2D eigenvalue weighted by atomic mass is 16.5. The summed E-state index contributed by atoms with van der Waals surface area (Å²) < 4.78 is 4.92. The lowest BCUT2D eigenvalue weighted by Gasteiger charge is -2.23. The number of hydrogen-bond donors (Lipinski definition) is 2. The van der Waals surface area contributed by atoms with Crippen LogP contribution in [0, 0.1) is 5.92 Å². The third-order valence-corrected chi connectivity index (χ3v) is 4.19. The first-order chi connectivity index (χ1) is 11.0. The van der Waals surface area contributed by atoms with Gasteiger partial charge in [-0.15, -0.1) is 0 Å². The molecule has 0 aromatic rings. The van der Waals surface area contributed by atoms with Crippen LogP contribution >= 0.6 is 0 Å². The molecule has 0 radical (unpaired) electrons. The number of urea groups is 1. The number of amides is 4. The monoisotopic (exact) mass is 325 g/mol. The van der Waals surface area contributed by atoms with Crippen LogP contribution in [0.15, 0.2) is 0 Å². The van der Waals surface area contributed by atoms with E-state index in [0.29, 0.717) is 13.1 Å². The van der Waals surface area contributed by atoms with Gasteiger partial charge in [-0.1, -0.05) is 12.8 Å². The van der Waals surface area contributed by atoms with Crippen molar-refractivity contribution in [2.75, 3.05) is 19.7 Å². The van der Waals surface area contributed by atoms with Gasteiger partial charge in [0.1, 0.15) is 0 Å². The van der Waals surface area contributed by atoms with Crippen molar-refractivity contribution < 1.29 is 23.9 Å². The fraction of sp³-hybridized carbons (Fsp3) is 0.733. The van der Waals surface area contributed by atoms with Gasteiger partial charge in [-0.05, 0) is 19.8 Å². The number of imide groups is 1. The van der Waals surface area contributed by atoms with Crippen molar-refractivity contribution in [3.63, 3.8) is 0 Å². The van der Waals surface area contributed by atoms with Crippen LogP contribution in [0.3, 0.4) is 0 Å². The molecule has 2 fully saturated rings. The van der Waals surface area contributed by atoms with Gasteiger partial charge < -0.3 is 15.0 Å². The first kappa shape index (κ1) is 17.2. The van der Waals surface area contributed by atoms with E-state index < -0.39 is 30.4 Å². The van der Waals surface area contributed by atoms with E-state index in [1.807, 2.05) is 5.32 Å². The average Bonchev–Trinajstić information content (AvgIpc) is 3.14. The summed E-state index contributed by atoms with van der Waals surface area (Å²) in [5, 5.41) is 4.44. The second-order valence-corrected chi connectivity index (χ2v) is 5.90. The number of esters is 1. The summed E-state index contributed by atoms with van der Waals surface area (Å²) in [5.74, 6) is -1.81. The molecule has 0 unspecified atom stereocenters. The lowest BCUT2D eigenvalue weighted by atomic mass is 10.1. The smallest absolute Gasteiger partial charge is 0.321 e. The molecule has 0 aromatic heterocycles. The van der Waals surface area contributed by atoms with Crippen LogP contribution in [0.1, 0.15) is 39.0 Å². The van der Waals surface area contributed by atoms with E-state index >= 15 is 0 Å². The van der Waals surface area contributed by atoms with E-state index in [1.54, 1.807) is 11.8 Å². The Kier molecular flexibility index (Phi) is 5.95. The van der Waals surface area contributed by atoms with Gasteiger partial charge in [0.15, 0.2) is 6.61 Å². The van der Waals surface area contributed by atoms with Gasteiger partial charge in [-0.3, -0.25) is 19.7 Å². The largest absolute Gasteiger partial charge is 0.455 e. The van der Waals surface area contributed by atoms with Crippen LogP contribution < -0.4 is 10.6 Å². The fourth-order valence-electron chi connectivity index (χ4n) is 3.08. The first-order valence-electron chi connectivity index (χ1n) is 8.05. The maximum absolute atomic E-state index is 12.0. The van der Waals surface area contributed by atoms with Gasteiger partial charge in [-0.25, -0.2) is 4.79 Å². The molecule has 8 nitrogen and oxygen atoms in total. The minimum Gasteiger partial charge on any atom is -0.455 e. The minimum atomic E-state index is -0.693. The lowest BCUT2D eigenvalue weighted by Crippen LogP contribution is -2.41. The van der Waals surface area contributed by atoms with Crippen LogP contribution in [-0.4, -0.2) is 54.5 Å². The number of rotatable bonds is 5. The van der Waals surface area contributed by atoms with E-state index in [-0.39, 0.29) is 18.4 Å². The van der Waals surface area contributed by atoms with Crippen molar-refractivity contribution in [2.45, 2.75) is 45.1 Å². The van der Waals surface area contributed by atoms with E-state index in [2.05, 4.69) is 5.32 Å². The maximum Gasteiger partial charge on any atom is 0.321 e. The fourth-order valence-corrected chi connectivity index (χ4v) is 3.08. The van der Waals surface area contributed by atoms with Crippen LogP contribution in [0.25, 0.3) is 0 Å². The normalized spacial score (nSPS) is 21.3. The molecule has 0 bridgehead atoms. The molecule has 1 aliphatic carbocycles. The van der Waals surface area contributed by atoms with Crippen LogP contribution in [-0.2, 0) is 19.1 Å². The number of carbonyl (C=O) groups excluding carboxylic acids is 4. The quantitative estimate of drug-likeness (QED) is 0.701. The van der Waals surface area contributed by atoms with Crippen LogP contribution in [0.2, 0.25) is 0 Å². The van der Waals surface area contributed by atoms with Gasteiger partial charge in [0.25, 0.3) is 5.91 Å². The van der Waals surface area contributed by atoms with Crippen molar-refractivity contribution in [1.82, 2.24) is 15.5 Å². The standard InChI is InChI=1S/C15H23N3O5/c1-2-16-15(22)17-12(19)9-23-14(21)10-7-13(20)18(8-10)11-5-3-4-6-11/h10-11H,2-9H2,1H3,(H2,16,17,19,22)/t10-/m1/s1. The molecular weight excluding hydrogens is 302 g/mol. The molecule has 1 saturated heterocycles. The van der Waals surface area contributed by atoms with Crippen molar-refractivity contribution in [2.24, 2.45) is 5.92 Å². The zero-order chi connectivity index (χ0) is 16.8. The molecule has 1 saturated carbocycles. The summed E-state index contributed by atoms with van der Waals surface area (Å²) in [5.41, 5.74) is 0. The summed E-state index contributed by atoms with van der Waals surface area (Å²) in [6, 6.07) is -0.390. The van der Waals surface area contributed by atoms with Gasteiger partial charge in [0.2, 0.25) is 5.91 Å². The van der Waals surface area contributed by atoms with Gasteiger partial charge in [0, 0.05) is 25.6 Å². The highest BCUT2D eigenvalue weighted by molar-refractivity contribution is 5.96. The number of carbonyl (C=O) groups is 4. The summed E-state index contributed by atoms with van der Waals surface area (Å²) in [4.78, 5) is 48.4. The Morgan fingerprint density at radius 3 is 2.61 bits per heavy atom. The Labute approximate surface area is 134 Å². The number of ether oxygens (including phenoxy) is 1. The number of hydrogen-bond acceptors (Lipinski definition) is 5. The molecule has 0 aromatic carbocycles. The van der Waals surface area contributed by atoms with Crippen molar-refractivity contribution in [3.05, 3.63) is 0 Å². The predicted molar refractivity (Wildman–Crippen MR) is 80.3 cm³/mol. The third-order valence-electron chi connectivity index (χ3n) is 4.19. The number of likely N-dealkylation sites (tertiary alicyclic amines) is 1.